The minimum atomic E-state index is 0.237. The Hall–Kier alpha value is -1.41. The highest BCUT2D eigenvalue weighted by molar-refractivity contribution is 14.1. The molecule has 2 heterocycles. The van der Waals surface area contributed by atoms with E-state index in [4.69, 9.17) is 0 Å². The van der Waals surface area contributed by atoms with Crippen LogP contribution in [0.1, 0.15) is 23.2 Å². The van der Waals surface area contributed by atoms with Crippen molar-refractivity contribution in [1.82, 2.24) is 19.6 Å². The maximum absolute atomic E-state index is 12.5. The number of hydrogen-bond acceptors (Lipinski definition) is 3. The molecule has 0 spiro atoms. The van der Waals surface area contributed by atoms with Gasteiger partial charge in [0.2, 0.25) is 5.91 Å². The predicted molar refractivity (Wildman–Crippen MR) is 107 cm³/mol. The van der Waals surface area contributed by atoms with Gasteiger partial charge in [-0.1, -0.05) is 24.3 Å². The fraction of sp³-hybridized carbons (Fsp3) is 0.474. The molecule has 0 N–H and O–H groups in total. The van der Waals surface area contributed by atoms with Crippen LogP contribution in [0.5, 0.6) is 0 Å². The number of nitrogens with zero attached hydrogens (tertiary/aromatic N) is 4. The summed E-state index contributed by atoms with van der Waals surface area (Å²) in [6, 6.07) is 8.53. The first kappa shape index (κ1) is 18.4. The number of aromatic nitrogens is 2. The second-order valence-electron chi connectivity index (χ2n) is 6.63. The van der Waals surface area contributed by atoms with Crippen molar-refractivity contribution in [2.45, 2.75) is 33.4 Å². The molecule has 1 aromatic carbocycles. The van der Waals surface area contributed by atoms with E-state index in [9.17, 15) is 4.79 Å². The fourth-order valence-corrected chi connectivity index (χ4v) is 3.60. The molecular weight excluding hydrogens is 427 g/mol. The van der Waals surface area contributed by atoms with E-state index >= 15 is 0 Å². The van der Waals surface area contributed by atoms with Crippen molar-refractivity contribution in [1.29, 1.82) is 0 Å². The Balaban J connectivity index is 1.46. The van der Waals surface area contributed by atoms with Gasteiger partial charge in [-0.3, -0.25) is 14.4 Å². The number of carbonyl (C=O) groups is 1. The van der Waals surface area contributed by atoms with Crippen LogP contribution in [0, 0.1) is 17.4 Å². The molecule has 25 heavy (non-hydrogen) atoms. The van der Waals surface area contributed by atoms with Crippen LogP contribution in [0.15, 0.2) is 30.5 Å². The molecular formula is C19H25IN4O. The summed E-state index contributed by atoms with van der Waals surface area (Å²) in [6.07, 6.45) is 2.38. The van der Waals surface area contributed by atoms with Crippen molar-refractivity contribution >= 4 is 28.5 Å². The van der Waals surface area contributed by atoms with Gasteiger partial charge in [-0.05, 0) is 47.6 Å². The molecule has 0 aliphatic carbocycles. The summed E-state index contributed by atoms with van der Waals surface area (Å²) in [4.78, 5) is 16.9. The van der Waals surface area contributed by atoms with Crippen LogP contribution in [0.4, 0.5) is 0 Å². The molecule has 0 saturated carbocycles. The molecule has 1 amide bonds. The average Bonchev–Trinajstić information content (AvgIpc) is 2.94. The lowest BCUT2D eigenvalue weighted by molar-refractivity contribution is -0.133. The second kappa shape index (κ2) is 8.31. The van der Waals surface area contributed by atoms with Gasteiger partial charge in [0, 0.05) is 51.4 Å². The third-order valence-corrected chi connectivity index (χ3v) is 6.02. The van der Waals surface area contributed by atoms with Crippen LogP contribution >= 0.6 is 22.6 Å². The van der Waals surface area contributed by atoms with Gasteiger partial charge >= 0.3 is 0 Å². The number of rotatable bonds is 5. The normalized spacial score (nSPS) is 15.6. The Bertz CT molecular complexity index is 735. The number of benzene rings is 1. The summed E-state index contributed by atoms with van der Waals surface area (Å²) in [5, 5.41) is 4.33. The molecule has 0 atom stereocenters. The Labute approximate surface area is 163 Å². The molecule has 0 unspecified atom stereocenters. The van der Waals surface area contributed by atoms with Gasteiger partial charge in [0.1, 0.15) is 0 Å². The summed E-state index contributed by atoms with van der Waals surface area (Å²) in [5.74, 6) is 0.237. The highest BCUT2D eigenvalue weighted by atomic mass is 127. The Morgan fingerprint density at radius 2 is 1.88 bits per heavy atom. The highest BCUT2D eigenvalue weighted by Crippen LogP contribution is 2.14. The third kappa shape index (κ3) is 4.61. The molecule has 1 aromatic heterocycles. The first-order valence-electron chi connectivity index (χ1n) is 8.77. The van der Waals surface area contributed by atoms with Crippen molar-refractivity contribution in [3.8, 4) is 0 Å². The van der Waals surface area contributed by atoms with Crippen molar-refractivity contribution in [3.05, 3.63) is 50.9 Å². The molecule has 3 rings (SSSR count). The zero-order valence-electron chi connectivity index (χ0n) is 14.9. The van der Waals surface area contributed by atoms with Crippen molar-refractivity contribution in [3.63, 3.8) is 0 Å². The van der Waals surface area contributed by atoms with E-state index in [1.54, 1.807) is 0 Å². The number of hydrogen-bond donors (Lipinski definition) is 0. The van der Waals surface area contributed by atoms with E-state index in [1.807, 2.05) is 22.7 Å². The molecule has 6 heteroatoms. The number of amides is 1. The molecule has 0 radical (unpaired) electrons. The molecule has 1 aliphatic heterocycles. The van der Waals surface area contributed by atoms with E-state index in [1.165, 1.54) is 11.1 Å². The molecule has 0 bridgehead atoms. The van der Waals surface area contributed by atoms with Crippen molar-refractivity contribution in [2.75, 3.05) is 26.2 Å². The van der Waals surface area contributed by atoms with Crippen LogP contribution in [0.2, 0.25) is 0 Å². The first-order chi connectivity index (χ1) is 12.0. The highest BCUT2D eigenvalue weighted by Gasteiger charge is 2.21. The Kier molecular flexibility index (Phi) is 6.11. The van der Waals surface area contributed by atoms with Crippen LogP contribution in [0.25, 0.3) is 0 Å². The van der Waals surface area contributed by atoms with Crippen LogP contribution in [0.3, 0.4) is 0 Å². The second-order valence-corrected chi connectivity index (χ2v) is 7.80. The average molecular weight is 452 g/mol. The zero-order valence-corrected chi connectivity index (χ0v) is 17.1. The van der Waals surface area contributed by atoms with Crippen LogP contribution in [-0.4, -0.2) is 51.7 Å². The predicted octanol–water partition coefficient (Wildman–Crippen LogP) is 2.84. The molecule has 5 nitrogen and oxygen atoms in total. The Morgan fingerprint density at radius 1 is 1.16 bits per heavy atom. The smallest absolute Gasteiger partial charge is 0.224 e. The molecule has 1 fully saturated rings. The fourth-order valence-electron chi connectivity index (χ4n) is 3.19. The summed E-state index contributed by atoms with van der Waals surface area (Å²) in [7, 11) is 0. The Morgan fingerprint density at radius 3 is 2.52 bits per heavy atom. The maximum atomic E-state index is 12.5. The summed E-state index contributed by atoms with van der Waals surface area (Å²) in [6.45, 7) is 9.37. The third-order valence-electron chi connectivity index (χ3n) is 4.96. The quantitative estimate of drug-likeness (QED) is 0.656. The summed E-state index contributed by atoms with van der Waals surface area (Å²) in [5.41, 5.74) is 3.85. The minimum absolute atomic E-state index is 0.237. The van der Waals surface area contributed by atoms with Gasteiger partial charge in [-0.2, -0.15) is 5.10 Å². The monoisotopic (exact) mass is 452 g/mol. The van der Waals surface area contributed by atoms with E-state index in [2.05, 4.69) is 63.8 Å². The lowest BCUT2D eigenvalue weighted by Crippen LogP contribution is -2.48. The van der Waals surface area contributed by atoms with Gasteiger partial charge in [0.15, 0.2) is 0 Å². The standard InChI is InChI=1S/C19H25IN4O/c1-15-5-3-4-6-17(15)14-22-9-11-23(12-10-22)19(25)7-8-24-16(2)18(20)13-21-24/h3-6,13H,7-12,14H2,1-2H3. The van der Waals surface area contributed by atoms with E-state index in [-0.39, 0.29) is 5.91 Å². The van der Waals surface area contributed by atoms with Crippen molar-refractivity contribution < 1.29 is 4.79 Å². The van der Waals surface area contributed by atoms with Gasteiger partial charge in [0.25, 0.3) is 0 Å². The largest absolute Gasteiger partial charge is 0.340 e. The van der Waals surface area contributed by atoms with Crippen LogP contribution < -0.4 is 0 Å². The van der Waals surface area contributed by atoms with E-state index in [0.29, 0.717) is 13.0 Å². The van der Waals surface area contributed by atoms with E-state index in [0.717, 1.165) is 42.0 Å². The van der Waals surface area contributed by atoms with Gasteiger partial charge in [0.05, 0.1) is 9.77 Å². The summed E-state index contributed by atoms with van der Waals surface area (Å²) < 4.78 is 3.07. The SMILES string of the molecule is Cc1ccccc1CN1CCN(C(=O)CCn2ncc(I)c2C)CC1. The van der Waals surface area contributed by atoms with E-state index < -0.39 is 0 Å². The number of aryl methyl sites for hydroxylation is 2. The number of carbonyl (C=O) groups excluding carboxylic acids is 1. The molecule has 1 saturated heterocycles. The van der Waals surface area contributed by atoms with Gasteiger partial charge in [-0.25, -0.2) is 0 Å². The lowest BCUT2D eigenvalue weighted by atomic mass is 10.1. The molecule has 2 aromatic rings. The minimum Gasteiger partial charge on any atom is -0.340 e. The maximum Gasteiger partial charge on any atom is 0.224 e. The number of halogens is 1. The van der Waals surface area contributed by atoms with Gasteiger partial charge in [-0.15, -0.1) is 0 Å². The molecule has 134 valence electrons. The zero-order chi connectivity index (χ0) is 17.8. The number of piperazine rings is 1. The topological polar surface area (TPSA) is 41.4 Å². The molecule has 1 aliphatic rings. The summed E-state index contributed by atoms with van der Waals surface area (Å²) >= 11 is 2.27. The lowest BCUT2D eigenvalue weighted by Gasteiger charge is -2.35. The van der Waals surface area contributed by atoms with Gasteiger partial charge < -0.3 is 4.90 Å². The van der Waals surface area contributed by atoms with Crippen LogP contribution in [-0.2, 0) is 17.9 Å². The van der Waals surface area contributed by atoms with Crippen molar-refractivity contribution in [2.24, 2.45) is 0 Å². The first-order valence-corrected chi connectivity index (χ1v) is 9.85.